The number of hydrogen-bond donors (Lipinski definition) is 3. The zero-order chi connectivity index (χ0) is 22.8. The third-order valence-corrected chi connectivity index (χ3v) is 5.47. The van der Waals surface area contributed by atoms with Crippen LogP contribution in [0.15, 0.2) is 78.9 Å². The second-order valence-corrected chi connectivity index (χ2v) is 7.72. The van der Waals surface area contributed by atoms with Gasteiger partial charge in [0.2, 0.25) is 0 Å². The van der Waals surface area contributed by atoms with Crippen LogP contribution < -0.4 is 9.64 Å². The lowest BCUT2D eigenvalue weighted by atomic mass is 10.1. The number of benzene rings is 4. The first-order valence-corrected chi connectivity index (χ1v) is 10.3. The van der Waals surface area contributed by atoms with Crippen LogP contribution in [0.4, 0.5) is 17.1 Å². The first-order valence-electron chi connectivity index (χ1n) is 10.3. The minimum Gasteiger partial charge on any atom is -0.508 e. The molecule has 0 fully saturated rings. The quantitative estimate of drug-likeness (QED) is 0.320. The van der Waals surface area contributed by atoms with Gasteiger partial charge in [0.25, 0.3) is 0 Å². The lowest BCUT2D eigenvalue weighted by Gasteiger charge is -2.28. The molecule has 5 nitrogen and oxygen atoms in total. The monoisotopic (exact) mass is 427 g/mol. The fourth-order valence-electron chi connectivity index (χ4n) is 3.58. The van der Waals surface area contributed by atoms with Gasteiger partial charge in [0.05, 0.1) is 17.1 Å². The number of nitrogens with zero attached hydrogens (tertiary/aromatic N) is 1. The molecular weight excluding hydrogens is 402 g/mol. The molecule has 0 heterocycles. The number of anilines is 3. The van der Waals surface area contributed by atoms with E-state index in [0.717, 1.165) is 11.1 Å². The number of aromatic hydroxyl groups is 3. The van der Waals surface area contributed by atoms with Crippen LogP contribution >= 0.6 is 0 Å². The van der Waals surface area contributed by atoms with Crippen molar-refractivity contribution in [1.29, 1.82) is 0 Å². The summed E-state index contributed by atoms with van der Waals surface area (Å²) in [6, 6.07) is 23.5. The Morgan fingerprint density at radius 2 is 1.22 bits per heavy atom. The molecule has 4 aromatic rings. The van der Waals surface area contributed by atoms with E-state index in [4.69, 9.17) is 4.74 Å². The molecule has 0 saturated carbocycles. The number of ether oxygens (including phenoxy) is 1. The van der Waals surface area contributed by atoms with Crippen molar-refractivity contribution in [1.82, 2.24) is 0 Å². The summed E-state index contributed by atoms with van der Waals surface area (Å²) >= 11 is 0. The largest absolute Gasteiger partial charge is 0.508 e. The molecule has 0 unspecified atom stereocenters. The van der Waals surface area contributed by atoms with Crippen LogP contribution in [0.25, 0.3) is 0 Å². The van der Waals surface area contributed by atoms with Gasteiger partial charge in [0.1, 0.15) is 28.7 Å². The van der Waals surface area contributed by atoms with Crippen molar-refractivity contribution in [2.24, 2.45) is 0 Å². The molecule has 0 atom stereocenters. The van der Waals surface area contributed by atoms with Crippen molar-refractivity contribution in [2.75, 3.05) is 4.90 Å². The van der Waals surface area contributed by atoms with Gasteiger partial charge in [0.15, 0.2) is 0 Å². The van der Waals surface area contributed by atoms with Gasteiger partial charge in [-0.1, -0.05) is 36.4 Å². The fraction of sp³-hybridized carbons (Fsp3) is 0.111. The first-order chi connectivity index (χ1) is 15.4. The highest BCUT2D eigenvalue weighted by molar-refractivity contribution is 5.84. The maximum atomic E-state index is 10.8. The zero-order valence-corrected chi connectivity index (χ0v) is 18.2. The van der Waals surface area contributed by atoms with E-state index in [2.05, 4.69) is 0 Å². The van der Waals surface area contributed by atoms with Gasteiger partial charge in [-0.15, -0.1) is 0 Å². The molecule has 0 saturated heterocycles. The summed E-state index contributed by atoms with van der Waals surface area (Å²) in [5.74, 6) is 1.52. The Balaban J connectivity index is 1.85. The summed E-state index contributed by atoms with van der Waals surface area (Å²) in [5, 5.41) is 31.7. The van der Waals surface area contributed by atoms with E-state index in [0.29, 0.717) is 34.1 Å². The second-order valence-electron chi connectivity index (χ2n) is 7.72. The van der Waals surface area contributed by atoms with Crippen molar-refractivity contribution in [3.63, 3.8) is 0 Å². The summed E-state index contributed by atoms with van der Waals surface area (Å²) in [5.41, 5.74) is 3.86. The van der Waals surface area contributed by atoms with Crippen molar-refractivity contribution in [3.05, 3.63) is 95.6 Å². The number of rotatable bonds is 5. The Labute approximate surface area is 187 Å². The smallest absolute Gasteiger partial charge is 0.142 e. The van der Waals surface area contributed by atoms with Crippen LogP contribution in [0.1, 0.15) is 16.7 Å². The molecule has 0 spiro atoms. The number of phenols is 3. The Bertz CT molecular complexity index is 1230. The lowest BCUT2D eigenvalue weighted by molar-refractivity contribution is 0.448. The molecule has 0 amide bonds. The van der Waals surface area contributed by atoms with E-state index in [1.165, 1.54) is 0 Å². The molecule has 162 valence electrons. The van der Waals surface area contributed by atoms with E-state index in [-0.39, 0.29) is 17.2 Å². The summed E-state index contributed by atoms with van der Waals surface area (Å²) in [7, 11) is 0. The minimum absolute atomic E-state index is 0.128. The summed E-state index contributed by atoms with van der Waals surface area (Å²) < 4.78 is 6.05. The van der Waals surface area contributed by atoms with Gasteiger partial charge in [-0.05, 0) is 68.3 Å². The second kappa shape index (κ2) is 8.55. The minimum atomic E-state index is 0.128. The van der Waals surface area contributed by atoms with Gasteiger partial charge in [-0.3, -0.25) is 0 Å². The van der Waals surface area contributed by atoms with Gasteiger partial charge in [-0.2, -0.15) is 0 Å². The number of para-hydroxylation sites is 2. The fourth-order valence-corrected chi connectivity index (χ4v) is 3.58. The lowest BCUT2D eigenvalue weighted by Crippen LogP contribution is -2.11. The molecule has 0 aromatic heterocycles. The van der Waals surface area contributed by atoms with Gasteiger partial charge >= 0.3 is 0 Å². The molecule has 0 aliphatic carbocycles. The highest BCUT2D eigenvalue weighted by atomic mass is 16.5. The molecule has 4 rings (SSSR count). The molecule has 0 aliphatic heterocycles. The third-order valence-electron chi connectivity index (χ3n) is 5.47. The summed E-state index contributed by atoms with van der Waals surface area (Å²) in [6.07, 6.45) is 0. The number of hydrogen-bond acceptors (Lipinski definition) is 5. The third kappa shape index (κ3) is 3.93. The van der Waals surface area contributed by atoms with E-state index in [1.807, 2.05) is 62.4 Å². The predicted molar refractivity (Wildman–Crippen MR) is 127 cm³/mol. The summed E-state index contributed by atoms with van der Waals surface area (Å²) in [6.45, 7) is 5.45. The zero-order valence-electron chi connectivity index (χ0n) is 18.2. The first kappa shape index (κ1) is 21.1. The van der Waals surface area contributed by atoms with E-state index in [9.17, 15) is 15.3 Å². The van der Waals surface area contributed by atoms with Crippen LogP contribution in [0.3, 0.4) is 0 Å². The van der Waals surface area contributed by atoms with Crippen molar-refractivity contribution >= 4 is 17.1 Å². The van der Waals surface area contributed by atoms with Gasteiger partial charge < -0.3 is 25.0 Å². The number of phenolic OH excluding ortho intramolecular Hbond substituents is 3. The molecule has 0 bridgehead atoms. The molecule has 4 aromatic carbocycles. The molecule has 0 radical (unpaired) electrons. The molecule has 3 N–H and O–H groups in total. The predicted octanol–water partition coefficient (Wildman–Crippen LogP) is 6.99. The Kier molecular flexibility index (Phi) is 5.65. The number of aryl methyl sites for hydroxylation is 2. The topological polar surface area (TPSA) is 73.2 Å². The molecule has 32 heavy (non-hydrogen) atoms. The van der Waals surface area contributed by atoms with Crippen molar-refractivity contribution < 1.29 is 20.1 Å². The highest BCUT2D eigenvalue weighted by Gasteiger charge is 2.21. The Morgan fingerprint density at radius 1 is 0.656 bits per heavy atom. The molecular formula is C27H25NO4. The van der Waals surface area contributed by atoms with Crippen molar-refractivity contribution in [2.45, 2.75) is 20.8 Å². The highest BCUT2D eigenvalue weighted by Crippen LogP contribution is 2.46. The van der Waals surface area contributed by atoms with Crippen LogP contribution in [0.5, 0.6) is 28.7 Å². The van der Waals surface area contributed by atoms with Crippen LogP contribution in [0.2, 0.25) is 0 Å². The van der Waals surface area contributed by atoms with Crippen molar-refractivity contribution in [3.8, 4) is 28.7 Å². The summed E-state index contributed by atoms with van der Waals surface area (Å²) in [4.78, 5) is 1.80. The van der Waals surface area contributed by atoms with E-state index >= 15 is 0 Å². The maximum Gasteiger partial charge on any atom is 0.142 e. The van der Waals surface area contributed by atoms with Gasteiger partial charge in [0, 0.05) is 11.6 Å². The normalized spacial score (nSPS) is 10.7. The molecule has 5 heteroatoms. The van der Waals surface area contributed by atoms with Crippen LogP contribution in [0, 0.1) is 20.8 Å². The average molecular weight is 428 g/mol. The standard InChI is InChI=1S/C27H25NO4/c1-17-8-4-12-22(26(17)30)28(23-13-5-9-18(2)27(23)31)20-10-6-11-21(16-20)32-25-15-7-14-24(29)19(25)3/h4-16,29-31H,1-3H3. The van der Waals surface area contributed by atoms with Crippen LogP contribution in [-0.2, 0) is 0 Å². The Morgan fingerprint density at radius 3 is 1.84 bits per heavy atom. The van der Waals surface area contributed by atoms with Gasteiger partial charge in [-0.25, -0.2) is 0 Å². The molecule has 0 aliphatic rings. The maximum absolute atomic E-state index is 10.8. The Hall–Kier alpha value is -4.12. The SMILES string of the molecule is Cc1cccc(N(c2cccc(Oc3cccc(O)c3C)c2)c2cccc(C)c2O)c1O. The average Bonchev–Trinajstić information content (AvgIpc) is 2.78. The van der Waals surface area contributed by atoms with Crippen LogP contribution in [-0.4, -0.2) is 15.3 Å². The van der Waals surface area contributed by atoms with E-state index in [1.54, 1.807) is 42.2 Å². The van der Waals surface area contributed by atoms with E-state index < -0.39 is 0 Å².